The molecule has 1 amide bonds. The van der Waals surface area contributed by atoms with Crippen molar-refractivity contribution in [2.24, 2.45) is 0 Å². The van der Waals surface area contributed by atoms with Gasteiger partial charge in [-0.3, -0.25) is 20.1 Å². The van der Waals surface area contributed by atoms with E-state index < -0.39 is 0 Å². The normalized spacial score (nSPS) is 18.0. The molecule has 2 aromatic rings. The molecular formula is C24H29BrN6O2. The highest BCUT2D eigenvalue weighted by molar-refractivity contribution is 9.10. The van der Waals surface area contributed by atoms with E-state index in [1.165, 1.54) is 6.42 Å². The van der Waals surface area contributed by atoms with Gasteiger partial charge in [-0.2, -0.15) is 10.2 Å². The van der Waals surface area contributed by atoms with Crippen molar-refractivity contribution in [2.45, 2.75) is 63.6 Å². The zero-order chi connectivity index (χ0) is 23.2. The van der Waals surface area contributed by atoms with E-state index in [0.29, 0.717) is 15.9 Å². The third-order valence-electron chi connectivity index (χ3n) is 6.40. The molecule has 0 bridgehead atoms. The third-order valence-corrected chi connectivity index (χ3v) is 6.95. The number of benzene rings is 1. The molecule has 2 aliphatic rings. The highest BCUT2D eigenvalue weighted by atomic mass is 79.9. The first-order chi connectivity index (χ1) is 16.0. The van der Waals surface area contributed by atoms with E-state index in [4.69, 9.17) is 0 Å². The summed E-state index contributed by atoms with van der Waals surface area (Å²) in [6, 6.07) is 9.75. The van der Waals surface area contributed by atoms with E-state index in [1.807, 2.05) is 30.3 Å². The van der Waals surface area contributed by atoms with Gasteiger partial charge in [-0.25, -0.2) is 4.98 Å². The standard InChI is InChI=1S/C24H29BrN6O2/c25-21-15-27-22(14-26)28-23(21)31(19-4-2-1-3-5-19)29-24(33)18-8-6-17(7-9-18)16-30-12-10-20(32)11-13-30/h6-9,15,19-20,32H,1-5,10-13,16H2,(H,29,33). The molecule has 33 heavy (non-hydrogen) atoms. The predicted octanol–water partition coefficient (Wildman–Crippen LogP) is 3.55. The number of hydrogen-bond acceptors (Lipinski definition) is 7. The molecule has 1 aromatic carbocycles. The third kappa shape index (κ3) is 6.08. The molecule has 1 aliphatic heterocycles. The lowest BCUT2D eigenvalue weighted by molar-refractivity contribution is 0.0792. The maximum Gasteiger partial charge on any atom is 0.269 e. The van der Waals surface area contributed by atoms with E-state index in [-0.39, 0.29) is 23.9 Å². The summed E-state index contributed by atoms with van der Waals surface area (Å²) in [6.45, 7) is 2.59. The number of carbonyl (C=O) groups excluding carboxylic acids is 1. The number of rotatable bonds is 6. The number of nitriles is 1. The van der Waals surface area contributed by atoms with Crippen LogP contribution in [0.4, 0.5) is 5.82 Å². The van der Waals surface area contributed by atoms with Crippen LogP contribution < -0.4 is 10.4 Å². The number of amides is 1. The molecule has 9 heteroatoms. The van der Waals surface area contributed by atoms with Gasteiger partial charge in [0, 0.05) is 31.4 Å². The zero-order valence-corrected chi connectivity index (χ0v) is 20.2. The highest BCUT2D eigenvalue weighted by Crippen LogP contribution is 2.29. The second-order valence-corrected chi connectivity index (χ2v) is 9.64. The molecule has 1 saturated carbocycles. The summed E-state index contributed by atoms with van der Waals surface area (Å²) in [5, 5.41) is 20.7. The summed E-state index contributed by atoms with van der Waals surface area (Å²) in [5.74, 6) is 0.362. The van der Waals surface area contributed by atoms with Gasteiger partial charge in [-0.1, -0.05) is 31.4 Å². The Morgan fingerprint density at radius 2 is 1.88 bits per heavy atom. The fourth-order valence-electron chi connectivity index (χ4n) is 4.51. The van der Waals surface area contributed by atoms with Crippen molar-refractivity contribution < 1.29 is 9.90 Å². The number of halogens is 1. The second kappa shape index (κ2) is 11.1. The molecule has 1 aliphatic carbocycles. The number of nitrogens with zero attached hydrogens (tertiary/aromatic N) is 5. The number of anilines is 1. The Morgan fingerprint density at radius 3 is 2.55 bits per heavy atom. The van der Waals surface area contributed by atoms with Gasteiger partial charge in [0.1, 0.15) is 6.07 Å². The lowest BCUT2D eigenvalue weighted by Gasteiger charge is -2.35. The average molecular weight is 513 g/mol. The van der Waals surface area contributed by atoms with Crippen LogP contribution in [0.5, 0.6) is 0 Å². The van der Waals surface area contributed by atoms with E-state index in [9.17, 15) is 15.2 Å². The lowest BCUT2D eigenvalue weighted by atomic mass is 9.95. The number of aliphatic hydroxyl groups is 1. The summed E-state index contributed by atoms with van der Waals surface area (Å²) in [4.78, 5) is 23.9. The first-order valence-electron chi connectivity index (χ1n) is 11.6. The fourth-order valence-corrected chi connectivity index (χ4v) is 4.89. The topological polar surface area (TPSA) is 105 Å². The lowest BCUT2D eigenvalue weighted by Crippen LogP contribution is -2.50. The molecule has 2 fully saturated rings. The molecule has 0 radical (unpaired) electrons. The Morgan fingerprint density at radius 1 is 1.18 bits per heavy atom. The molecule has 0 unspecified atom stereocenters. The Hall–Kier alpha value is -2.54. The minimum absolute atomic E-state index is 0.0674. The van der Waals surface area contributed by atoms with Gasteiger partial charge in [0.05, 0.1) is 16.6 Å². The zero-order valence-electron chi connectivity index (χ0n) is 18.6. The highest BCUT2D eigenvalue weighted by Gasteiger charge is 2.27. The molecule has 174 valence electrons. The van der Waals surface area contributed by atoms with Crippen molar-refractivity contribution in [3.05, 3.63) is 51.9 Å². The molecule has 4 rings (SSSR count). The maximum atomic E-state index is 13.2. The minimum atomic E-state index is -0.211. The Labute approximate surface area is 202 Å². The number of nitrogens with one attached hydrogen (secondary N) is 1. The Kier molecular flexibility index (Phi) is 7.91. The van der Waals surface area contributed by atoms with Gasteiger partial charge in [0.15, 0.2) is 5.82 Å². The van der Waals surface area contributed by atoms with Gasteiger partial charge in [-0.15, -0.1) is 0 Å². The number of carbonyl (C=O) groups is 1. The van der Waals surface area contributed by atoms with E-state index in [1.54, 1.807) is 11.2 Å². The van der Waals surface area contributed by atoms with Gasteiger partial charge >= 0.3 is 0 Å². The SMILES string of the molecule is N#Cc1ncc(Br)c(N(NC(=O)c2ccc(CN3CCC(O)CC3)cc2)C2CCCCC2)n1. The summed E-state index contributed by atoms with van der Waals surface area (Å²) in [7, 11) is 0. The largest absolute Gasteiger partial charge is 0.393 e. The van der Waals surface area contributed by atoms with Crippen molar-refractivity contribution in [3.63, 3.8) is 0 Å². The average Bonchev–Trinajstić information content (AvgIpc) is 2.85. The van der Waals surface area contributed by atoms with Gasteiger partial charge in [0.25, 0.3) is 5.91 Å². The Bertz CT molecular complexity index is 995. The molecule has 0 atom stereocenters. The predicted molar refractivity (Wildman–Crippen MR) is 128 cm³/mol. The van der Waals surface area contributed by atoms with E-state index in [2.05, 4.69) is 36.2 Å². The summed E-state index contributed by atoms with van der Waals surface area (Å²) < 4.78 is 0.634. The summed E-state index contributed by atoms with van der Waals surface area (Å²) in [5.41, 5.74) is 4.76. The first-order valence-corrected chi connectivity index (χ1v) is 12.3. The Balaban J connectivity index is 1.48. The summed E-state index contributed by atoms with van der Waals surface area (Å²) >= 11 is 3.49. The van der Waals surface area contributed by atoms with Crippen LogP contribution in [-0.4, -0.2) is 51.1 Å². The van der Waals surface area contributed by atoms with E-state index >= 15 is 0 Å². The van der Waals surface area contributed by atoms with Crippen molar-refractivity contribution in [2.75, 3.05) is 18.1 Å². The first kappa shape index (κ1) is 23.6. The van der Waals surface area contributed by atoms with Crippen molar-refractivity contribution in [3.8, 4) is 6.07 Å². The van der Waals surface area contributed by atoms with Crippen LogP contribution in [0.2, 0.25) is 0 Å². The minimum Gasteiger partial charge on any atom is -0.393 e. The maximum absolute atomic E-state index is 13.2. The molecule has 2 N–H and O–H groups in total. The van der Waals surface area contributed by atoms with Crippen LogP contribution in [-0.2, 0) is 6.54 Å². The molecular weight excluding hydrogens is 484 g/mol. The molecule has 2 heterocycles. The second-order valence-electron chi connectivity index (χ2n) is 8.78. The van der Waals surface area contributed by atoms with Crippen LogP contribution in [0, 0.1) is 11.3 Å². The number of hydrogen-bond donors (Lipinski definition) is 2. The quantitative estimate of drug-likeness (QED) is 0.570. The smallest absolute Gasteiger partial charge is 0.269 e. The molecule has 1 aromatic heterocycles. The van der Waals surface area contributed by atoms with Gasteiger partial charge < -0.3 is 5.11 Å². The molecule has 8 nitrogen and oxygen atoms in total. The van der Waals surface area contributed by atoms with Gasteiger partial charge in [-0.05, 0) is 59.3 Å². The number of likely N-dealkylation sites (tertiary alicyclic amines) is 1. The van der Waals surface area contributed by atoms with Crippen LogP contribution in [0.1, 0.15) is 66.7 Å². The molecule has 1 saturated heterocycles. The van der Waals surface area contributed by atoms with Gasteiger partial charge in [0.2, 0.25) is 5.82 Å². The number of hydrazine groups is 1. The van der Waals surface area contributed by atoms with Crippen molar-refractivity contribution in [1.82, 2.24) is 20.3 Å². The number of aliphatic hydroxyl groups excluding tert-OH is 1. The summed E-state index contributed by atoms with van der Waals surface area (Å²) in [6.07, 6.45) is 8.25. The van der Waals surface area contributed by atoms with Crippen LogP contribution >= 0.6 is 15.9 Å². The number of aromatic nitrogens is 2. The monoisotopic (exact) mass is 512 g/mol. The fraction of sp³-hybridized carbons (Fsp3) is 0.500. The van der Waals surface area contributed by atoms with E-state index in [0.717, 1.165) is 63.7 Å². The van der Waals surface area contributed by atoms with Crippen molar-refractivity contribution >= 4 is 27.7 Å². The van der Waals surface area contributed by atoms with Crippen LogP contribution in [0.3, 0.4) is 0 Å². The van der Waals surface area contributed by atoms with Crippen LogP contribution in [0.25, 0.3) is 0 Å². The van der Waals surface area contributed by atoms with Crippen molar-refractivity contribution in [1.29, 1.82) is 5.26 Å². The van der Waals surface area contributed by atoms with Crippen LogP contribution in [0.15, 0.2) is 34.9 Å². The number of piperidine rings is 1. The molecule has 0 spiro atoms.